The van der Waals surface area contributed by atoms with Crippen molar-refractivity contribution in [3.63, 3.8) is 0 Å². The second-order valence-corrected chi connectivity index (χ2v) is 13.3. The first kappa shape index (κ1) is 35.0. The van der Waals surface area contributed by atoms with Crippen molar-refractivity contribution in [1.82, 2.24) is 4.31 Å². The van der Waals surface area contributed by atoms with Gasteiger partial charge in [-0.25, -0.2) is 8.42 Å². The zero-order valence-electron chi connectivity index (χ0n) is 24.8. The van der Waals surface area contributed by atoms with Crippen LogP contribution in [-0.2, 0) is 26.0 Å². The Hall–Kier alpha value is -2.22. The highest BCUT2D eigenvalue weighted by atomic mass is 35.5. The number of sulfonamides is 1. The molecule has 2 rings (SSSR count). The van der Waals surface area contributed by atoms with E-state index >= 15 is 0 Å². The summed E-state index contributed by atoms with van der Waals surface area (Å²) in [4.78, 5) is 23.9. The van der Waals surface area contributed by atoms with Gasteiger partial charge in [0.25, 0.3) is 0 Å². The second kappa shape index (κ2) is 19.1. The van der Waals surface area contributed by atoms with Crippen LogP contribution in [0.15, 0.2) is 59.5 Å². The lowest BCUT2D eigenvalue weighted by Crippen LogP contribution is -2.46. The molecule has 2 aromatic carbocycles. The van der Waals surface area contributed by atoms with E-state index < -0.39 is 22.0 Å². The number of aryl methyl sites for hydroxylation is 1. The number of alkyl halides is 1. The fraction of sp³-hybridized carbons (Fsp3) is 0.576. The van der Waals surface area contributed by atoms with E-state index in [0.717, 1.165) is 56.1 Å². The van der Waals surface area contributed by atoms with Crippen LogP contribution in [0, 0.1) is 12.8 Å². The monoisotopic (exact) mass is 605 g/mol. The maximum Gasteiger partial charge on any atom is 0.322 e. The summed E-state index contributed by atoms with van der Waals surface area (Å²) < 4.78 is 28.5. The number of rotatable bonds is 22. The molecule has 2 aromatic rings. The van der Waals surface area contributed by atoms with Gasteiger partial charge in [0, 0.05) is 18.3 Å². The Labute approximate surface area is 252 Å². The highest BCUT2D eigenvalue weighted by Gasteiger charge is 2.35. The van der Waals surface area contributed by atoms with Gasteiger partial charge in [0.05, 0.1) is 4.90 Å². The third-order valence-electron chi connectivity index (χ3n) is 7.72. The Balaban J connectivity index is 1.80. The molecule has 1 unspecified atom stereocenters. The van der Waals surface area contributed by atoms with Gasteiger partial charge >= 0.3 is 5.97 Å². The summed E-state index contributed by atoms with van der Waals surface area (Å²) in [7, 11) is -3.98. The smallest absolute Gasteiger partial charge is 0.322 e. The lowest BCUT2D eigenvalue weighted by Gasteiger charge is -2.28. The number of benzene rings is 2. The molecule has 6 nitrogen and oxygen atoms in total. The first-order chi connectivity index (χ1) is 19.7. The van der Waals surface area contributed by atoms with Crippen LogP contribution in [0.5, 0.6) is 0 Å². The highest BCUT2D eigenvalue weighted by Crippen LogP contribution is 2.23. The van der Waals surface area contributed by atoms with Crippen LogP contribution in [0.25, 0.3) is 0 Å². The number of carboxylic acids is 1. The van der Waals surface area contributed by atoms with Crippen molar-refractivity contribution in [3.05, 3.63) is 65.7 Å². The third-order valence-corrected chi connectivity index (χ3v) is 10.0. The molecule has 0 saturated carbocycles. The van der Waals surface area contributed by atoms with Gasteiger partial charge in [0.2, 0.25) is 10.0 Å². The molecule has 0 fully saturated rings. The number of aliphatic carboxylic acids is 1. The number of unbranched alkanes of at least 4 members (excludes halogenated alkanes) is 10. The van der Waals surface area contributed by atoms with Crippen molar-refractivity contribution in [2.75, 3.05) is 12.4 Å². The Bertz CT molecular complexity index is 1140. The molecule has 0 heterocycles. The SMILES string of the molecule is CC(=O)C(CCl)CCCCCCCCCCCCCN([C@@H](Cc1ccccc1)C(=O)O)S(=O)(=O)c1ccc(C)cc1. The quantitative estimate of drug-likeness (QED) is 0.109. The van der Waals surface area contributed by atoms with Crippen molar-refractivity contribution in [3.8, 4) is 0 Å². The van der Waals surface area contributed by atoms with Crippen LogP contribution in [-0.4, -0.2) is 48.0 Å². The van der Waals surface area contributed by atoms with Gasteiger partial charge in [-0.1, -0.05) is 112 Å². The van der Waals surface area contributed by atoms with E-state index in [1.807, 2.05) is 37.3 Å². The van der Waals surface area contributed by atoms with Crippen molar-refractivity contribution in [1.29, 1.82) is 0 Å². The summed E-state index contributed by atoms with van der Waals surface area (Å²) in [6.07, 6.45) is 12.7. The summed E-state index contributed by atoms with van der Waals surface area (Å²) >= 11 is 5.85. The molecule has 0 aliphatic heterocycles. The van der Waals surface area contributed by atoms with E-state index in [4.69, 9.17) is 11.6 Å². The Morgan fingerprint density at radius 3 is 1.80 bits per heavy atom. The minimum absolute atomic E-state index is 0.00494. The molecule has 0 radical (unpaired) electrons. The van der Waals surface area contributed by atoms with E-state index in [1.54, 1.807) is 31.2 Å². The van der Waals surface area contributed by atoms with Gasteiger partial charge in [-0.05, 0) is 50.8 Å². The number of hydrogen-bond donors (Lipinski definition) is 1. The van der Waals surface area contributed by atoms with Gasteiger partial charge in [-0.2, -0.15) is 4.31 Å². The molecule has 0 aliphatic rings. The van der Waals surface area contributed by atoms with Crippen molar-refractivity contribution in [2.45, 2.75) is 108 Å². The van der Waals surface area contributed by atoms with Crippen LogP contribution in [0.4, 0.5) is 0 Å². The number of halogens is 1. The molecule has 0 saturated heterocycles. The molecule has 0 aliphatic carbocycles. The molecule has 0 aromatic heterocycles. The molecule has 0 spiro atoms. The second-order valence-electron chi connectivity index (χ2n) is 11.1. The highest BCUT2D eigenvalue weighted by molar-refractivity contribution is 7.89. The van der Waals surface area contributed by atoms with E-state index in [0.29, 0.717) is 12.3 Å². The van der Waals surface area contributed by atoms with Crippen LogP contribution < -0.4 is 0 Å². The predicted molar refractivity (Wildman–Crippen MR) is 167 cm³/mol. The molecule has 228 valence electrons. The Morgan fingerprint density at radius 2 is 1.32 bits per heavy atom. The largest absolute Gasteiger partial charge is 0.480 e. The number of nitrogens with zero attached hydrogens (tertiary/aromatic N) is 1. The van der Waals surface area contributed by atoms with Crippen molar-refractivity contribution < 1.29 is 23.1 Å². The van der Waals surface area contributed by atoms with E-state index in [9.17, 15) is 23.1 Å². The van der Waals surface area contributed by atoms with Crippen LogP contribution in [0.1, 0.15) is 95.1 Å². The van der Waals surface area contributed by atoms with Crippen LogP contribution in [0.3, 0.4) is 0 Å². The zero-order valence-corrected chi connectivity index (χ0v) is 26.3. The standard InChI is InChI=1S/C33H48ClNO5S/c1-27-20-22-31(23-21-27)41(39,40)35(32(33(37)38)25-29-17-13-12-14-18-29)24-16-11-9-7-5-3-4-6-8-10-15-19-30(26-34)28(2)36/h12-14,17-18,20-23,30,32H,3-11,15-16,19,24-26H2,1-2H3,(H,37,38)/t30?,32-/m0/s1. The molecule has 41 heavy (non-hydrogen) atoms. The fourth-order valence-electron chi connectivity index (χ4n) is 5.08. The lowest BCUT2D eigenvalue weighted by molar-refractivity contribution is -0.141. The Morgan fingerprint density at radius 1 is 0.805 bits per heavy atom. The predicted octanol–water partition coefficient (Wildman–Crippen LogP) is 7.81. The maximum atomic E-state index is 13.6. The zero-order chi connectivity index (χ0) is 30.1. The minimum atomic E-state index is -3.98. The molecule has 0 amide bonds. The molecule has 8 heteroatoms. The molecule has 0 bridgehead atoms. The maximum absolute atomic E-state index is 13.6. The summed E-state index contributed by atoms with van der Waals surface area (Å²) in [6, 6.07) is 14.6. The third kappa shape index (κ3) is 12.7. The first-order valence-electron chi connectivity index (χ1n) is 15.1. The Kier molecular flexibility index (Phi) is 16.3. The first-order valence-corrected chi connectivity index (χ1v) is 17.1. The van der Waals surface area contributed by atoms with E-state index in [1.165, 1.54) is 30.0 Å². The van der Waals surface area contributed by atoms with Crippen LogP contribution >= 0.6 is 11.6 Å². The number of carbonyl (C=O) groups excluding carboxylic acids is 1. The fourth-order valence-corrected chi connectivity index (χ4v) is 7.07. The summed E-state index contributed by atoms with van der Waals surface area (Å²) in [5.41, 5.74) is 1.74. The molecular weight excluding hydrogens is 558 g/mol. The van der Waals surface area contributed by atoms with Gasteiger partial charge in [0.15, 0.2) is 0 Å². The van der Waals surface area contributed by atoms with E-state index in [2.05, 4.69) is 0 Å². The number of Topliss-reactive ketones (excluding diaryl/α,β-unsaturated/α-hetero) is 1. The molecule has 1 N–H and O–H groups in total. The number of carboxylic acid groups (broad SMARTS) is 1. The van der Waals surface area contributed by atoms with Gasteiger partial charge < -0.3 is 5.11 Å². The van der Waals surface area contributed by atoms with Crippen molar-refractivity contribution >= 4 is 33.4 Å². The minimum Gasteiger partial charge on any atom is -0.480 e. The topological polar surface area (TPSA) is 91.8 Å². The van der Waals surface area contributed by atoms with Crippen molar-refractivity contribution in [2.24, 2.45) is 5.92 Å². The molecule has 2 atom stereocenters. The number of hydrogen-bond acceptors (Lipinski definition) is 4. The normalized spacial score (nSPS) is 13.3. The van der Waals surface area contributed by atoms with Gasteiger partial charge in [-0.3, -0.25) is 9.59 Å². The summed E-state index contributed by atoms with van der Waals surface area (Å²) in [5.74, 6) is -0.522. The van der Waals surface area contributed by atoms with Gasteiger partial charge in [0.1, 0.15) is 11.8 Å². The van der Waals surface area contributed by atoms with Gasteiger partial charge in [-0.15, -0.1) is 11.6 Å². The number of carbonyl (C=O) groups is 2. The lowest BCUT2D eigenvalue weighted by atomic mass is 9.98. The average Bonchev–Trinajstić information content (AvgIpc) is 2.94. The summed E-state index contributed by atoms with van der Waals surface area (Å²) in [6.45, 7) is 3.68. The average molecular weight is 606 g/mol. The van der Waals surface area contributed by atoms with Crippen LogP contribution in [0.2, 0.25) is 0 Å². The summed E-state index contributed by atoms with van der Waals surface area (Å²) in [5, 5.41) is 10.1. The van der Waals surface area contributed by atoms with E-state index in [-0.39, 0.29) is 29.6 Å². The molecular formula is C33H48ClNO5S. The number of ketones is 1.